The van der Waals surface area contributed by atoms with Gasteiger partial charge in [0.15, 0.2) is 5.78 Å². The Morgan fingerprint density at radius 3 is 2.51 bits per heavy atom. The van der Waals surface area contributed by atoms with E-state index in [1.807, 2.05) is 24.3 Å². The van der Waals surface area contributed by atoms with Crippen molar-refractivity contribution in [2.45, 2.75) is 32.0 Å². The first-order valence-electron chi connectivity index (χ1n) is 12.8. The van der Waals surface area contributed by atoms with Crippen LogP contribution in [-0.4, -0.2) is 68.3 Å². The molecular formula is C27H31N7O3. The molecule has 3 N–H and O–H groups in total. The minimum atomic E-state index is -0.448. The van der Waals surface area contributed by atoms with E-state index in [1.165, 1.54) is 0 Å². The number of fused-ring (bicyclic) bond motifs is 3. The van der Waals surface area contributed by atoms with Crippen molar-refractivity contribution in [1.82, 2.24) is 15.8 Å². The number of carbonyl (C=O) groups excluding carboxylic acids is 2. The third-order valence-electron chi connectivity index (χ3n) is 7.25. The zero-order chi connectivity index (χ0) is 25.5. The minimum absolute atomic E-state index is 0.142. The average Bonchev–Trinajstić information content (AvgIpc) is 3.44. The summed E-state index contributed by atoms with van der Waals surface area (Å²) >= 11 is 0. The van der Waals surface area contributed by atoms with E-state index < -0.39 is 6.04 Å². The van der Waals surface area contributed by atoms with Gasteiger partial charge < -0.3 is 20.3 Å². The van der Waals surface area contributed by atoms with Crippen LogP contribution in [0, 0.1) is 0 Å². The summed E-state index contributed by atoms with van der Waals surface area (Å²) in [5.74, 6) is -0.142. The zero-order valence-corrected chi connectivity index (χ0v) is 21.0. The fourth-order valence-corrected chi connectivity index (χ4v) is 5.65. The Bertz CT molecular complexity index is 1270. The Morgan fingerprint density at radius 1 is 1.05 bits per heavy atom. The molecular weight excluding hydrogens is 470 g/mol. The van der Waals surface area contributed by atoms with Crippen LogP contribution >= 0.6 is 0 Å². The van der Waals surface area contributed by atoms with Crippen molar-refractivity contribution in [2.24, 2.45) is 10.2 Å². The molecule has 3 unspecified atom stereocenters. The lowest BCUT2D eigenvalue weighted by Crippen LogP contribution is -2.54. The predicted octanol–water partition coefficient (Wildman–Crippen LogP) is 3.36. The average molecular weight is 502 g/mol. The van der Waals surface area contributed by atoms with E-state index in [0.717, 1.165) is 29.9 Å². The SMILES string of the molecule is CC1CN(c2ccc(C3=C4C(=O)c5c(NC(=O)NN6CCOCC6)cccc5C4N=N3)cc2)CC(C)N1. The summed E-state index contributed by atoms with van der Waals surface area (Å²) in [6, 6.07) is 13.7. The molecule has 10 heteroatoms. The number of ketones is 1. The zero-order valence-electron chi connectivity index (χ0n) is 21.0. The second kappa shape index (κ2) is 9.70. The number of rotatable bonds is 4. The van der Waals surface area contributed by atoms with E-state index in [1.54, 1.807) is 11.1 Å². The lowest BCUT2D eigenvalue weighted by Gasteiger charge is -2.37. The van der Waals surface area contributed by atoms with Crippen molar-refractivity contribution in [3.8, 4) is 0 Å². The Morgan fingerprint density at radius 2 is 1.78 bits per heavy atom. The van der Waals surface area contributed by atoms with Crippen molar-refractivity contribution in [1.29, 1.82) is 0 Å². The first-order valence-corrected chi connectivity index (χ1v) is 12.8. The van der Waals surface area contributed by atoms with Crippen LogP contribution in [-0.2, 0) is 4.74 Å². The van der Waals surface area contributed by atoms with Crippen LogP contribution in [0.5, 0.6) is 0 Å². The molecule has 37 heavy (non-hydrogen) atoms. The summed E-state index contributed by atoms with van der Waals surface area (Å²) in [6.07, 6.45) is 0. The maximum absolute atomic E-state index is 13.6. The number of piperazine rings is 1. The standard InChI is InChI=1S/C27H31N7O3/c1-16-14-33(15-17(2)28-16)19-8-6-18(7-9-19)24-23-25(31-30-24)20-4-3-5-21(22(20)26(23)35)29-27(36)32-34-10-12-37-13-11-34/h3-9,16-17,25,28H,10-15H2,1-2H3,(H2,29,32,36). The number of nitrogens with zero attached hydrogens (tertiary/aromatic N) is 4. The molecule has 3 aliphatic heterocycles. The van der Waals surface area contributed by atoms with Crippen LogP contribution in [0.1, 0.15) is 41.4 Å². The predicted molar refractivity (Wildman–Crippen MR) is 141 cm³/mol. The number of hydrogen-bond acceptors (Lipinski definition) is 8. The second-order valence-electron chi connectivity index (χ2n) is 10.1. The van der Waals surface area contributed by atoms with E-state index >= 15 is 0 Å². The number of benzene rings is 2. The first kappa shape index (κ1) is 23.8. The van der Waals surface area contributed by atoms with Gasteiger partial charge in [-0.05, 0) is 37.6 Å². The van der Waals surface area contributed by atoms with Crippen molar-refractivity contribution in [3.63, 3.8) is 0 Å². The highest BCUT2D eigenvalue weighted by molar-refractivity contribution is 6.22. The van der Waals surface area contributed by atoms with E-state index in [9.17, 15) is 9.59 Å². The number of urea groups is 1. The quantitative estimate of drug-likeness (QED) is 0.593. The molecule has 2 aromatic rings. The normalized spacial score (nSPS) is 25.3. The molecule has 0 saturated carbocycles. The smallest absolute Gasteiger partial charge is 0.333 e. The van der Waals surface area contributed by atoms with Gasteiger partial charge in [0.2, 0.25) is 0 Å². The highest BCUT2D eigenvalue weighted by Gasteiger charge is 2.42. The van der Waals surface area contributed by atoms with Gasteiger partial charge in [-0.3, -0.25) is 10.2 Å². The number of morpholine rings is 1. The Labute approximate surface area is 215 Å². The molecule has 0 bridgehead atoms. The molecule has 2 saturated heterocycles. The highest BCUT2D eigenvalue weighted by atomic mass is 16.5. The van der Waals surface area contributed by atoms with Crippen molar-refractivity contribution in [2.75, 3.05) is 49.6 Å². The molecule has 3 heterocycles. The fourth-order valence-electron chi connectivity index (χ4n) is 5.65. The van der Waals surface area contributed by atoms with Gasteiger partial charge in [-0.15, -0.1) is 0 Å². The third kappa shape index (κ3) is 4.52. The van der Waals surface area contributed by atoms with Crippen LogP contribution in [0.3, 0.4) is 0 Å². The number of hydrogen-bond donors (Lipinski definition) is 3. The third-order valence-corrected chi connectivity index (χ3v) is 7.25. The van der Waals surface area contributed by atoms with Gasteiger partial charge in [-0.25, -0.2) is 9.80 Å². The summed E-state index contributed by atoms with van der Waals surface area (Å²) in [4.78, 5) is 28.7. The van der Waals surface area contributed by atoms with Crippen LogP contribution < -0.4 is 21.0 Å². The van der Waals surface area contributed by atoms with Crippen LogP contribution in [0.2, 0.25) is 0 Å². The van der Waals surface area contributed by atoms with E-state index in [4.69, 9.17) is 4.74 Å². The highest BCUT2D eigenvalue weighted by Crippen LogP contribution is 2.49. The van der Waals surface area contributed by atoms with Crippen LogP contribution in [0.4, 0.5) is 16.2 Å². The maximum Gasteiger partial charge on any atom is 0.333 e. The number of amides is 2. The molecule has 4 aliphatic rings. The summed E-state index contributed by atoms with van der Waals surface area (Å²) in [7, 11) is 0. The molecule has 6 rings (SSSR count). The molecule has 192 valence electrons. The van der Waals surface area contributed by atoms with Gasteiger partial charge >= 0.3 is 6.03 Å². The minimum Gasteiger partial charge on any atom is -0.379 e. The fraction of sp³-hybridized carbons (Fsp3) is 0.407. The Balaban J connectivity index is 1.23. The molecule has 0 radical (unpaired) electrons. The summed E-state index contributed by atoms with van der Waals surface area (Å²) in [5.41, 5.74) is 7.73. The Hall–Kier alpha value is -3.60. The monoisotopic (exact) mass is 501 g/mol. The van der Waals surface area contributed by atoms with Crippen molar-refractivity contribution in [3.05, 3.63) is 64.7 Å². The van der Waals surface area contributed by atoms with Gasteiger partial charge in [-0.1, -0.05) is 24.3 Å². The molecule has 2 amide bonds. The number of carbonyl (C=O) groups is 2. The molecule has 1 aliphatic carbocycles. The number of hydrazine groups is 1. The largest absolute Gasteiger partial charge is 0.379 e. The van der Waals surface area contributed by atoms with Crippen molar-refractivity contribution < 1.29 is 14.3 Å². The summed E-state index contributed by atoms with van der Waals surface area (Å²) < 4.78 is 5.32. The van der Waals surface area contributed by atoms with E-state index in [-0.39, 0.29) is 11.8 Å². The van der Waals surface area contributed by atoms with Gasteiger partial charge in [0.25, 0.3) is 0 Å². The second-order valence-corrected chi connectivity index (χ2v) is 10.1. The number of ether oxygens (including phenoxy) is 1. The van der Waals surface area contributed by atoms with E-state index in [0.29, 0.717) is 60.9 Å². The summed E-state index contributed by atoms with van der Waals surface area (Å²) in [5, 5.41) is 17.1. The maximum atomic E-state index is 13.6. The molecule has 0 aromatic heterocycles. The molecule has 3 atom stereocenters. The molecule has 10 nitrogen and oxygen atoms in total. The molecule has 0 spiro atoms. The lowest BCUT2D eigenvalue weighted by atomic mass is 10.0. The van der Waals surface area contributed by atoms with Gasteiger partial charge in [-0.2, -0.15) is 10.2 Å². The van der Waals surface area contributed by atoms with Crippen LogP contribution in [0.15, 0.2) is 58.3 Å². The van der Waals surface area contributed by atoms with Crippen LogP contribution in [0.25, 0.3) is 5.70 Å². The summed E-state index contributed by atoms with van der Waals surface area (Å²) in [6.45, 7) is 8.65. The van der Waals surface area contributed by atoms with Gasteiger partial charge in [0.1, 0.15) is 11.7 Å². The van der Waals surface area contributed by atoms with Gasteiger partial charge in [0.05, 0.1) is 30.0 Å². The lowest BCUT2D eigenvalue weighted by molar-refractivity contribution is 0.0207. The topological polar surface area (TPSA) is 111 Å². The Kier molecular flexibility index (Phi) is 6.23. The number of nitrogens with one attached hydrogen (secondary N) is 3. The first-order chi connectivity index (χ1) is 18.0. The van der Waals surface area contributed by atoms with E-state index in [2.05, 4.69) is 57.2 Å². The van der Waals surface area contributed by atoms with Gasteiger partial charge in [0, 0.05) is 49.5 Å². The number of anilines is 2. The molecule has 2 aromatic carbocycles. The molecule has 2 fully saturated rings. The van der Waals surface area contributed by atoms with Crippen molar-refractivity contribution >= 4 is 28.9 Å². The number of Topliss-reactive ketones (excluding diaryl/α,β-unsaturated/α-hetero) is 1. The number of azo groups is 1.